The monoisotopic (exact) mass is 479 g/mol. The van der Waals surface area contributed by atoms with Crippen molar-refractivity contribution in [2.45, 2.75) is 30.7 Å². The molecule has 0 aliphatic carbocycles. The minimum atomic E-state index is -3.71. The predicted molar refractivity (Wildman–Crippen MR) is 120 cm³/mol. The second-order valence-corrected chi connectivity index (χ2v) is 10.6. The molecular weight excluding hydrogens is 454 g/mol. The van der Waals surface area contributed by atoms with E-state index in [4.69, 9.17) is 9.15 Å². The third-order valence-corrected chi connectivity index (χ3v) is 8.59. The van der Waals surface area contributed by atoms with E-state index in [0.29, 0.717) is 36.2 Å². The number of benzene rings is 1. The molecule has 2 fully saturated rings. The lowest BCUT2D eigenvalue weighted by atomic mass is 10.2. The highest BCUT2D eigenvalue weighted by atomic mass is 32.2. The smallest absolute Gasteiger partial charge is 0.291 e. The Balaban J connectivity index is 1.50. The van der Waals surface area contributed by atoms with Gasteiger partial charge < -0.3 is 19.4 Å². The van der Waals surface area contributed by atoms with Gasteiger partial charge in [0.25, 0.3) is 5.91 Å². The topological polar surface area (TPSA) is 109 Å². The zero-order valence-corrected chi connectivity index (χ0v) is 19.5. The van der Waals surface area contributed by atoms with Crippen LogP contribution < -0.4 is 10.1 Å². The van der Waals surface area contributed by atoms with Crippen molar-refractivity contribution in [1.82, 2.24) is 9.21 Å². The molecular formula is C21H25N3O6S2. The Labute approximate surface area is 191 Å². The largest absolute Gasteiger partial charge is 0.497 e. The zero-order valence-electron chi connectivity index (χ0n) is 17.9. The number of anilines is 1. The molecule has 2 aliphatic rings. The van der Waals surface area contributed by atoms with Crippen molar-refractivity contribution in [2.75, 3.05) is 37.1 Å². The predicted octanol–water partition coefficient (Wildman–Crippen LogP) is 2.53. The van der Waals surface area contributed by atoms with Crippen LogP contribution >= 0.6 is 11.8 Å². The number of hydrogen-bond acceptors (Lipinski definition) is 7. The van der Waals surface area contributed by atoms with Gasteiger partial charge in [-0.25, -0.2) is 8.42 Å². The molecule has 2 amide bonds. The Bertz CT molecular complexity index is 1110. The number of hydrogen-bond donors (Lipinski definition) is 1. The van der Waals surface area contributed by atoms with E-state index < -0.39 is 22.0 Å². The van der Waals surface area contributed by atoms with Crippen molar-refractivity contribution in [3.63, 3.8) is 0 Å². The number of methoxy groups -OCH3 is 1. The highest BCUT2D eigenvalue weighted by Gasteiger charge is 2.38. The second kappa shape index (κ2) is 9.16. The lowest BCUT2D eigenvalue weighted by Crippen LogP contribution is -2.44. The Morgan fingerprint density at radius 1 is 1.19 bits per heavy atom. The SMILES string of the molecule is COc1ccc(NC(=O)C2CSCN2C(=O)c2cc(S(=O)(=O)N3CCCC3)c(C)o2)cc1. The maximum absolute atomic E-state index is 13.1. The first kappa shape index (κ1) is 22.7. The maximum Gasteiger partial charge on any atom is 0.291 e. The summed E-state index contributed by atoms with van der Waals surface area (Å²) in [7, 11) is -2.15. The summed E-state index contributed by atoms with van der Waals surface area (Å²) in [5, 5.41) is 2.81. The van der Waals surface area contributed by atoms with E-state index >= 15 is 0 Å². The van der Waals surface area contributed by atoms with Gasteiger partial charge in [-0.2, -0.15) is 4.31 Å². The van der Waals surface area contributed by atoms with Gasteiger partial charge in [-0.05, 0) is 44.0 Å². The first-order valence-electron chi connectivity index (χ1n) is 10.3. The third-order valence-electron chi connectivity index (χ3n) is 5.57. The molecule has 3 heterocycles. The highest BCUT2D eigenvalue weighted by molar-refractivity contribution is 7.99. The summed E-state index contributed by atoms with van der Waals surface area (Å²) in [6.45, 7) is 2.46. The van der Waals surface area contributed by atoms with Crippen LogP contribution in [0, 0.1) is 6.92 Å². The summed E-state index contributed by atoms with van der Waals surface area (Å²) in [5.74, 6) is 0.692. The minimum absolute atomic E-state index is 0.00818. The van der Waals surface area contributed by atoms with Crippen molar-refractivity contribution < 1.29 is 27.2 Å². The standard InChI is InChI=1S/C21H25N3O6S2/c1-14-19(32(27,28)23-9-3-4-10-23)11-18(30-14)21(26)24-13-31-12-17(24)20(25)22-15-5-7-16(29-2)8-6-15/h5-8,11,17H,3-4,9-10,12-13H2,1-2H3,(H,22,25). The number of amides is 2. The summed E-state index contributed by atoms with van der Waals surface area (Å²) >= 11 is 1.45. The van der Waals surface area contributed by atoms with Crippen molar-refractivity contribution in [3.8, 4) is 5.75 Å². The molecule has 2 aromatic rings. The number of aryl methyl sites for hydroxylation is 1. The van der Waals surface area contributed by atoms with Gasteiger partial charge >= 0.3 is 0 Å². The van der Waals surface area contributed by atoms with Crippen LogP contribution in [0.3, 0.4) is 0 Å². The fourth-order valence-electron chi connectivity index (χ4n) is 3.80. The molecule has 9 nitrogen and oxygen atoms in total. The lowest BCUT2D eigenvalue weighted by molar-refractivity contribution is -0.119. The average Bonchev–Trinajstić information content (AvgIpc) is 3.54. The molecule has 2 aliphatic heterocycles. The molecule has 0 saturated carbocycles. The van der Waals surface area contributed by atoms with Crippen LogP contribution in [-0.2, 0) is 14.8 Å². The Morgan fingerprint density at radius 2 is 1.88 bits per heavy atom. The van der Waals surface area contributed by atoms with Gasteiger partial charge in [-0.15, -0.1) is 11.8 Å². The van der Waals surface area contributed by atoms with Crippen molar-refractivity contribution in [3.05, 3.63) is 41.9 Å². The molecule has 1 atom stereocenters. The summed E-state index contributed by atoms with van der Waals surface area (Å²) in [4.78, 5) is 27.4. The van der Waals surface area contributed by atoms with Crippen LogP contribution in [0.5, 0.6) is 5.75 Å². The summed E-state index contributed by atoms with van der Waals surface area (Å²) < 4.78 is 37.9. The Hall–Kier alpha value is -2.50. The van der Waals surface area contributed by atoms with E-state index in [9.17, 15) is 18.0 Å². The van der Waals surface area contributed by atoms with Gasteiger partial charge in [-0.1, -0.05) is 0 Å². The number of nitrogens with zero attached hydrogens (tertiary/aromatic N) is 2. The number of sulfonamides is 1. The number of furan rings is 1. The van der Waals surface area contributed by atoms with Gasteiger partial charge in [0, 0.05) is 30.6 Å². The fraction of sp³-hybridized carbons (Fsp3) is 0.429. The number of thioether (sulfide) groups is 1. The van der Waals surface area contributed by atoms with Gasteiger partial charge in [0.15, 0.2) is 5.76 Å². The first-order valence-corrected chi connectivity index (χ1v) is 12.8. The molecule has 1 N–H and O–H groups in total. The number of nitrogens with one attached hydrogen (secondary N) is 1. The van der Waals surface area contributed by atoms with Crippen molar-refractivity contribution in [2.24, 2.45) is 0 Å². The summed E-state index contributed by atoms with van der Waals surface area (Å²) in [5.41, 5.74) is 0.591. The maximum atomic E-state index is 13.1. The summed E-state index contributed by atoms with van der Waals surface area (Å²) in [6, 6.07) is 7.49. The molecule has 1 aromatic heterocycles. The minimum Gasteiger partial charge on any atom is -0.497 e. The molecule has 0 radical (unpaired) electrons. The normalized spacial score (nSPS) is 19.3. The van der Waals surface area contributed by atoms with Crippen LogP contribution in [0.2, 0.25) is 0 Å². The Morgan fingerprint density at radius 3 is 2.53 bits per heavy atom. The quantitative estimate of drug-likeness (QED) is 0.678. The molecule has 172 valence electrons. The van der Waals surface area contributed by atoms with E-state index in [2.05, 4.69) is 5.32 Å². The van der Waals surface area contributed by atoms with Crippen LogP contribution in [0.25, 0.3) is 0 Å². The van der Waals surface area contributed by atoms with Crippen molar-refractivity contribution in [1.29, 1.82) is 0 Å². The molecule has 2 saturated heterocycles. The molecule has 1 unspecified atom stereocenters. The lowest BCUT2D eigenvalue weighted by Gasteiger charge is -2.22. The average molecular weight is 480 g/mol. The Kier molecular flexibility index (Phi) is 6.50. The van der Waals surface area contributed by atoms with Gasteiger partial charge in [0.1, 0.15) is 22.4 Å². The zero-order chi connectivity index (χ0) is 22.9. The highest BCUT2D eigenvalue weighted by Crippen LogP contribution is 2.30. The molecule has 0 bridgehead atoms. The van der Waals surface area contributed by atoms with Gasteiger partial charge in [-0.3, -0.25) is 9.59 Å². The number of rotatable bonds is 6. The van der Waals surface area contributed by atoms with Crippen molar-refractivity contribution >= 4 is 39.3 Å². The van der Waals surface area contributed by atoms with E-state index in [1.165, 1.54) is 34.0 Å². The van der Waals surface area contributed by atoms with E-state index in [1.807, 2.05) is 0 Å². The first-order chi connectivity index (χ1) is 15.3. The van der Waals surface area contributed by atoms with E-state index in [0.717, 1.165) is 12.8 Å². The van der Waals surface area contributed by atoms with Crippen LogP contribution in [0.15, 0.2) is 39.6 Å². The van der Waals surface area contributed by atoms with E-state index in [1.54, 1.807) is 31.4 Å². The van der Waals surface area contributed by atoms with Gasteiger partial charge in [0.2, 0.25) is 15.9 Å². The number of ether oxygens (including phenoxy) is 1. The molecule has 0 spiro atoms. The van der Waals surface area contributed by atoms with Crippen LogP contribution in [0.1, 0.15) is 29.2 Å². The van der Waals surface area contributed by atoms with Crippen LogP contribution in [0.4, 0.5) is 5.69 Å². The summed E-state index contributed by atoms with van der Waals surface area (Å²) in [6.07, 6.45) is 1.63. The van der Waals surface area contributed by atoms with Gasteiger partial charge in [0.05, 0.1) is 13.0 Å². The second-order valence-electron chi connectivity index (χ2n) is 7.65. The number of carbonyl (C=O) groups excluding carboxylic acids is 2. The number of carbonyl (C=O) groups is 2. The van der Waals surface area contributed by atoms with Crippen LogP contribution in [-0.4, -0.2) is 67.3 Å². The fourth-order valence-corrected chi connectivity index (χ4v) is 6.63. The molecule has 1 aromatic carbocycles. The third kappa shape index (κ3) is 4.37. The molecule has 4 rings (SSSR count). The van der Waals surface area contributed by atoms with E-state index in [-0.39, 0.29) is 22.3 Å². The molecule has 11 heteroatoms. The molecule has 32 heavy (non-hydrogen) atoms.